The number of nitrogens with one attached hydrogen (secondary N) is 1. The van der Waals surface area contributed by atoms with E-state index >= 15 is 0 Å². The summed E-state index contributed by atoms with van der Waals surface area (Å²) in [6.45, 7) is 1.99. The second-order valence-corrected chi connectivity index (χ2v) is 5.55. The Balaban J connectivity index is 1.80. The number of aromatic nitrogens is 3. The van der Waals surface area contributed by atoms with E-state index in [1.54, 1.807) is 23.1 Å². The predicted octanol–water partition coefficient (Wildman–Crippen LogP) is 3.60. The highest BCUT2D eigenvalue weighted by Crippen LogP contribution is 2.29. The molecule has 0 saturated carbocycles. The zero-order chi connectivity index (χ0) is 14.8. The average molecular weight is 300 g/mol. The Kier molecular flexibility index (Phi) is 3.62. The van der Waals surface area contributed by atoms with E-state index < -0.39 is 0 Å². The zero-order valence-corrected chi connectivity index (χ0v) is 12.9. The molecule has 1 N–H and O–H groups in total. The molecule has 0 aliphatic carbocycles. The van der Waals surface area contributed by atoms with Crippen LogP contribution in [0.3, 0.4) is 0 Å². The third-order valence-electron chi connectivity index (χ3n) is 3.13. The Hall–Kier alpha value is -2.34. The van der Waals surface area contributed by atoms with Crippen LogP contribution in [-0.2, 0) is 7.05 Å². The SMILES string of the molecule is COc1ccc(Nc2nc(-c3cn(C)nc3C)cs2)cc1. The topological polar surface area (TPSA) is 52.0 Å². The van der Waals surface area contributed by atoms with Crippen LogP contribution in [0.25, 0.3) is 11.3 Å². The fourth-order valence-corrected chi connectivity index (χ4v) is 2.83. The smallest absolute Gasteiger partial charge is 0.187 e. The first-order valence-electron chi connectivity index (χ1n) is 6.53. The minimum atomic E-state index is 0.839. The Morgan fingerprint density at radius 1 is 1.24 bits per heavy atom. The van der Waals surface area contributed by atoms with Crippen LogP contribution in [0.1, 0.15) is 5.69 Å². The molecule has 5 nitrogen and oxygen atoms in total. The van der Waals surface area contributed by atoms with Crippen molar-refractivity contribution < 1.29 is 4.74 Å². The number of anilines is 2. The summed E-state index contributed by atoms with van der Waals surface area (Å²) in [6.07, 6.45) is 1.99. The monoisotopic (exact) mass is 300 g/mol. The normalized spacial score (nSPS) is 10.6. The molecule has 0 unspecified atom stereocenters. The molecule has 0 atom stereocenters. The number of thiazole rings is 1. The molecule has 108 valence electrons. The van der Waals surface area contributed by atoms with Crippen molar-refractivity contribution in [3.05, 3.63) is 41.5 Å². The summed E-state index contributed by atoms with van der Waals surface area (Å²) in [7, 11) is 3.57. The summed E-state index contributed by atoms with van der Waals surface area (Å²) in [4.78, 5) is 4.62. The summed E-state index contributed by atoms with van der Waals surface area (Å²) < 4.78 is 6.95. The van der Waals surface area contributed by atoms with Gasteiger partial charge in [0.25, 0.3) is 0 Å². The number of methoxy groups -OCH3 is 1. The molecule has 3 rings (SSSR count). The quantitative estimate of drug-likeness (QED) is 0.800. The first-order valence-corrected chi connectivity index (χ1v) is 7.41. The van der Waals surface area contributed by atoms with E-state index in [4.69, 9.17) is 4.74 Å². The standard InChI is InChI=1S/C15H16N4OS/c1-10-13(8-19(2)18-10)14-9-21-15(17-14)16-11-4-6-12(20-3)7-5-11/h4-9H,1-3H3,(H,16,17). The summed E-state index contributed by atoms with van der Waals surface area (Å²) in [5.74, 6) is 0.839. The number of hydrogen-bond donors (Lipinski definition) is 1. The van der Waals surface area contributed by atoms with E-state index in [1.165, 1.54) is 0 Å². The van der Waals surface area contributed by atoms with Crippen LogP contribution in [0.2, 0.25) is 0 Å². The molecule has 0 aliphatic heterocycles. The van der Waals surface area contributed by atoms with Gasteiger partial charge in [0.05, 0.1) is 18.5 Å². The molecule has 0 radical (unpaired) electrons. The fraction of sp³-hybridized carbons (Fsp3) is 0.200. The lowest BCUT2D eigenvalue weighted by molar-refractivity contribution is 0.415. The van der Waals surface area contributed by atoms with Gasteiger partial charge in [0, 0.05) is 29.9 Å². The minimum absolute atomic E-state index is 0.839. The summed E-state index contributed by atoms with van der Waals surface area (Å²) in [5.41, 5.74) is 3.98. The van der Waals surface area contributed by atoms with Crippen LogP contribution in [0.5, 0.6) is 5.75 Å². The molecule has 0 amide bonds. The fourth-order valence-electron chi connectivity index (χ4n) is 2.10. The van der Waals surface area contributed by atoms with Crippen molar-refractivity contribution in [2.45, 2.75) is 6.92 Å². The predicted molar refractivity (Wildman–Crippen MR) is 85.3 cm³/mol. The second kappa shape index (κ2) is 5.57. The van der Waals surface area contributed by atoms with Crippen LogP contribution in [-0.4, -0.2) is 21.9 Å². The Bertz CT molecular complexity index is 745. The largest absolute Gasteiger partial charge is 0.497 e. The van der Waals surface area contributed by atoms with Gasteiger partial charge in [-0.05, 0) is 31.2 Å². The van der Waals surface area contributed by atoms with E-state index in [9.17, 15) is 0 Å². The van der Waals surface area contributed by atoms with Gasteiger partial charge in [-0.15, -0.1) is 11.3 Å². The molecule has 21 heavy (non-hydrogen) atoms. The number of hydrogen-bond acceptors (Lipinski definition) is 5. The number of benzene rings is 1. The van der Waals surface area contributed by atoms with Crippen molar-refractivity contribution in [3.63, 3.8) is 0 Å². The lowest BCUT2D eigenvalue weighted by Crippen LogP contribution is -1.90. The Morgan fingerprint density at radius 3 is 2.62 bits per heavy atom. The molecule has 6 heteroatoms. The molecule has 0 bridgehead atoms. The van der Waals surface area contributed by atoms with Crippen LogP contribution >= 0.6 is 11.3 Å². The zero-order valence-electron chi connectivity index (χ0n) is 12.1. The summed E-state index contributed by atoms with van der Waals surface area (Å²) in [6, 6.07) is 7.77. The maximum Gasteiger partial charge on any atom is 0.187 e. The van der Waals surface area contributed by atoms with Crippen molar-refractivity contribution in [2.75, 3.05) is 12.4 Å². The summed E-state index contributed by atoms with van der Waals surface area (Å²) in [5, 5.41) is 10.5. The minimum Gasteiger partial charge on any atom is -0.497 e. The van der Waals surface area contributed by atoms with E-state index in [1.807, 2.05) is 49.8 Å². The number of rotatable bonds is 4. The third kappa shape index (κ3) is 2.90. The van der Waals surface area contributed by atoms with Crippen LogP contribution in [0.15, 0.2) is 35.8 Å². The Morgan fingerprint density at radius 2 is 2.00 bits per heavy atom. The molecular formula is C15H16N4OS. The third-order valence-corrected chi connectivity index (χ3v) is 3.89. The molecular weight excluding hydrogens is 284 g/mol. The van der Waals surface area contributed by atoms with Crippen LogP contribution < -0.4 is 10.1 Å². The molecule has 0 aliphatic rings. The van der Waals surface area contributed by atoms with Crippen molar-refractivity contribution in [3.8, 4) is 17.0 Å². The first-order chi connectivity index (χ1) is 10.2. The van der Waals surface area contributed by atoms with Gasteiger partial charge in [-0.2, -0.15) is 5.10 Å². The van der Waals surface area contributed by atoms with Gasteiger partial charge in [0.2, 0.25) is 0 Å². The number of ether oxygens (including phenoxy) is 1. The average Bonchev–Trinajstić information content (AvgIpc) is 3.06. The van der Waals surface area contributed by atoms with Gasteiger partial charge < -0.3 is 10.1 Å². The van der Waals surface area contributed by atoms with Gasteiger partial charge in [-0.1, -0.05) is 0 Å². The van der Waals surface area contributed by atoms with Gasteiger partial charge >= 0.3 is 0 Å². The maximum absolute atomic E-state index is 5.15. The molecule has 0 fully saturated rings. The molecule has 0 spiro atoms. The Labute approximate surface area is 127 Å². The van der Waals surface area contributed by atoms with E-state index in [0.29, 0.717) is 0 Å². The number of nitrogens with zero attached hydrogens (tertiary/aromatic N) is 3. The van der Waals surface area contributed by atoms with Gasteiger partial charge in [-0.25, -0.2) is 4.98 Å². The molecule has 3 aromatic rings. The van der Waals surface area contributed by atoms with Gasteiger partial charge in [0.1, 0.15) is 5.75 Å². The van der Waals surface area contributed by atoms with Crippen LogP contribution in [0, 0.1) is 6.92 Å². The molecule has 2 aromatic heterocycles. The van der Waals surface area contributed by atoms with Gasteiger partial charge in [0.15, 0.2) is 5.13 Å². The lowest BCUT2D eigenvalue weighted by atomic mass is 10.2. The highest BCUT2D eigenvalue weighted by molar-refractivity contribution is 7.14. The maximum atomic E-state index is 5.15. The van der Waals surface area contributed by atoms with Crippen molar-refractivity contribution >= 4 is 22.2 Å². The van der Waals surface area contributed by atoms with Crippen molar-refractivity contribution in [2.24, 2.45) is 7.05 Å². The molecule has 0 saturated heterocycles. The van der Waals surface area contributed by atoms with Crippen molar-refractivity contribution in [1.29, 1.82) is 0 Å². The molecule has 1 aromatic carbocycles. The lowest BCUT2D eigenvalue weighted by Gasteiger charge is -2.03. The van der Waals surface area contributed by atoms with Crippen molar-refractivity contribution in [1.82, 2.24) is 14.8 Å². The van der Waals surface area contributed by atoms with E-state index in [2.05, 4.69) is 15.4 Å². The highest BCUT2D eigenvalue weighted by atomic mass is 32.1. The first kappa shape index (κ1) is 13.6. The van der Waals surface area contributed by atoms with Gasteiger partial charge in [-0.3, -0.25) is 4.68 Å². The number of aryl methyl sites for hydroxylation is 2. The highest BCUT2D eigenvalue weighted by Gasteiger charge is 2.10. The molecule has 2 heterocycles. The van der Waals surface area contributed by atoms with Crippen LogP contribution in [0.4, 0.5) is 10.8 Å². The second-order valence-electron chi connectivity index (χ2n) is 4.69. The summed E-state index contributed by atoms with van der Waals surface area (Å²) >= 11 is 1.58. The van der Waals surface area contributed by atoms with E-state index in [0.717, 1.165) is 33.5 Å². The van der Waals surface area contributed by atoms with E-state index in [-0.39, 0.29) is 0 Å².